The Morgan fingerprint density at radius 2 is 2.09 bits per heavy atom. The fourth-order valence-corrected chi connectivity index (χ4v) is 4.01. The molecule has 0 amide bonds. The highest BCUT2D eigenvalue weighted by Crippen LogP contribution is 2.28. The summed E-state index contributed by atoms with van der Waals surface area (Å²) in [6, 6.07) is 11.6. The number of halogens is 1. The first-order valence-corrected chi connectivity index (χ1v) is 11.4. The molecule has 0 aliphatic carbocycles. The first-order valence-electron chi connectivity index (χ1n) is 11.1. The molecule has 3 aromatic rings. The van der Waals surface area contributed by atoms with E-state index in [-0.39, 0.29) is 5.17 Å². The Morgan fingerprint density at radius 3 is 2.74 bits per heavy atom. The summed E-state index contributed by atoms with van der Waals surface area (Å²) in [6.45, 7) is 2.47. The number of methoxy groups -OCH3 is 1. The van der Waals surface area contributed by atoms with Crippen LogP contribution in [-0.2, 0) is 13.0 Å². The van der Waals surface area contributed by atoms with E-state index in [0.29, 0.717) is 11.1 Å². The smallest absolute Gasteiger partial charge is 0.152 e. The summed E-state index contributed by atoms with van der Waals surface area (Å²) >= 11 is 5.77. The van der Waals surface area contributed by atoms with Crippen molar-refractivity contribution < 1.29 is 14.3 Å². The Morgan fingerprint density at radius 1 is 1.29 bits per heavy atom. The van der Waals surface area contributed by atoms with E-state index in [1.54, 1.807) is 7.11 Å². The normalized spacial score (nSPS) is 13.0. The number of hydrogen-bond acceptors (Lipinski definition) is 6. The average Bonchev–Trinajstić information content (AvgIpc) is 3.20. The maximum atomic E-state index is 11.2. The van der Waals surface area contributed by atoms with Crippen LogP contribution in [0.3, 0.4) is 0 Å². The predicted molar refractivity (Wildman–Crippen MR) is 138 cm³/mol. The monoisotopic (exact) mass is 482 g/mol. The lowest BCUT2D eigenvalue weighted by Crippen LogP contribution is -2.18. The van der Waals surface area contributed by atoms with Crippen molar-refractivity contribution in [2.45, 2.75) is 19.4 Å². The van der Waals surface area contributed by atoms with E-state index in [9.17, 15) is 4.79 Å². The van der Waals surface area contributed by atoms with Crippen molar-refractivity contribution in [3.05, 3.63) is 65.5 Å². The van der Waals surface area contributed by atoms with Gasteiger partial charge in [-0.05, 0) is 62.3 Å². The van der Waals surface area contributed by atoms with Gasteiger partial charge in [-0.2, -0.15) is 0 Å². The lowest BCUT2D eigenvalue weighted by atomic mass is 10.0. The first-order chi connectivity index (χ1) is 16.4. The van der Waals surface area contributed by atoms with Gasteiger partial charge in [-0.3, -0.25) is 10.2 Å². The molecule has 0 unspecified atom stereocenters. The molecule has 2 heterocycles. The summed E-state index contributed by atoms with van der Waals surface area (Å²) in [5.74, 6) is 1.93. The summed E-state index contributed by atoms with van der Waals surface area (Å²) in [5, 5.41) is 8.35. The van der Waals surface area contributed by atoms with Crippen LogP contribution in [0.5, 0.6) is 11.5 Å². The molecule has 1 aromatic heterocycles. The third kappa shape index (κ3) is 5.98. The summed E-state index contributed by atoms with van der Waals surface area (Å²) in [6.07, 6.45) is 6.25. The number of nitrogens with one attached hydrogen (secondary N) is 1. The van der Waals surface area contributed by atoms with Crippen molar-refractivity contribution in [1.29, 1.82) is 5.41 Å². The summed E-state index contributed by atoms with van der Waals surface area (Å²) in [4.78, 5) is 13.3. The number of nitrogens with two attached hydrogens (primary N) is 1. The number of hydrogen-bond donors (Lipinski definition) is 2. The van der Waals surface area contributed by atoms with Gasteiger partial charge in [-0.1, -0.05) is 23.7 Å². The van der Waals surface area contributed by atoms with Crippen LogP contribution in [0.2, 0.25) is 0 Å². The molecule has 7 nitrogen and oxygen atoms in total. The molecule has 34 heavy (non-hydrogen) atoms. The predicted octanol–water partition coefficient (Wildman–Crippen LogP) is 4.55. The minimum atomic E-state index is -0.108. The fraction of sp³-hybridized carbons (Fsp3) is 0.308. The SMILES string of the molecule is CN(C)CCn1cc(C=O)c2ccc(/C(=C/N)C(=N)Cl)cc21.COc1ccc2c(c1)CCCO2. The molecule has 0 radical (unpaired) electrons. The van der Waals surface area contributed by atoms with Crippen molar-refractivity contribution in [2.75, 3.05) is 34.4 Å². The van der Waals surface area contributed by atoms with Crippen molar-refractivity contribution in [3.63, 3.8) is 0 Å². The molecule has 4 rings (SSSR count). The largest absolute Gasteiger partial charge is 0.497 e. The topological polar surface area (TPSA) is 93.6 Å². The molecule has 2 aromatic carbocycles. The minimum absolute atomic E-state index is 0.108. The van der Waals surface area contributed by atoms with E-state index in [1.807, 2.05) is 55.2 Å². The van der Waals surface area contributed by atoms with Crippen molar-refractivity contribution in [2.24, 2.45) is 5.73 Å². The molecule has 1 aliphatic rings. The van der Waals surface area contributed by atoms with Gasteiger partial charge in [0.1, 0.15) is 16.7 Å². The zero-order valence-corrected chi connectivity index (χ0v) is 20.6. The molecule has 0 saturated carbocycles. The van der Waals surface area contributed by atoms with E-state index in [1.165, 1.54) is 11.8 Å². The number of carbonyl (C=O) groups excluding carboxylic acids is 1. The number of nitrogens with zero attached hydrogens (tertiary/aromatic N) is 2. The summed E-state index contributed by atoms with van der Waals surface area (Å²) in [7, 11) is 5.69. The van der Waals surface area contributed by atoms with Crippen LogP contribution in [-0.4, -0.2) is 55.3 Å². The zero-order chi connectivity index (χ0) is 24.7. The molecule has 0 fully saturated rings. The van der Waals surface area contributed by atoms with Crippen LogP contribution in [0.4, 0.5) is 0 Å². The third-order valence-corrected chi connectivity index (χ3v) is 5.86. The second-order valence-electron chi connectivity index (χ2n) is 8.25. The molecule has 0 atom stereocenters. The number of aryl methyl sites for hydroxylation is 1. The van der Waals surface area contributed by atoms with Crippen LogP contribution in [0, 0.1) is 5.41 Å². The van der Waals surface area contributed by atoms with E-state index < -0.39 is 0 Å². The van der Waals surface area contributed by atoms with E-state index in [2.05, 4.69) is 11.0 Å². The first kappa shape index (κ1) is 25.3. The van der Waals surface area contributed by atoms with Crippen LogP contribution in [0.15, 0.2) is 48.8 Å². The summed E-state index contributed by atoms with van der Waals surface area (Å²) < 4.78 is 12.6. The minimum Gasteiger partial charge on any atom is -0.497 e. The highest BCUT2D eigenvalue weighted by molar-refractivity contribution is 6.75. The number of allylic oxidation sites excluding steroid dienone is 1. The highest BCUT2D eigenvalue weighted by atomic mass is 35.5. The molecule has 180 valence electrons. The number of rotatable bonds is 7. The number of likely N-dealkylation sites (N-methyl/N-ethyl adjacent to an activating group) is 1. The van der Waals surface area contributed by atoms with Crippen molar-refractivity contribution in [3.8, 4) is 11.5 Å². The van der Waals surface area contributed by atoms with Gasteiger partial charge >= 0.3 is 0 Å². The van der Waals surface area contributed by atoms with E-state index >= 15 is 0 Å². The van der Waals surface area contributed by atoms with E-state index in [0.717, 1.165) is 66.8 Å². The number of carbonyl (C=O) groups is 1. The summed E-state index contributed by atoms with van der Waals surface area (Å²) in [5.41, 5.74) is 9.64. The molecule has 8 heteroatoms. The Kier molecular flexibility index (Phi) is 8.73. The van der Waals surface area contributed by atoms with Gasteiger partial charge < -0.3 is 24.7 Å². The molecule has 0 saturated heterocycles. The Hall–Kier alpha value is -3.29. The van der Waals surface area contributed by atoms with Gasteiger partial charge in [-0.15, -0.1) is 0 Å². The van der Waals surface area contributed by atoms with E-state index in [4.69, 9.17) is 32.2 Å². The Balaban J connectivity index is 0.000000226. The number of benzene rings is 2. The van der Waals surface area contributed by atoms with Gasteiger partial charge in [0, 0.05) is 47.5 Å². The van der Waals surface area contributed by atoms with Crippen LogP contribution in [0.1, 0.15) is 27.9 Å². The molecular formula is C26H31ClN4O3. The Bertz CT molecular complexity index is 1200. The average molecular weight is 483 g/mol. The molecule has 0 bridgehead atoms. The zero-order valence-electron chi connectivity index (χ0n) is 19.8. The molecule has 1 aliphatic heterocycles. The van der Waals surface area contributed by atoms with Gasteiger partial charge in [0.15, 0.2) is 6.29 Å². The van der Waals surface area contributed by atoms with Crippen molar-refractivity contribution >= 4 is 39.5 Å². The Labute approximate surface area is 205 Å². The number of aromatic nitrogens is 1. The second-order valence-corrected chi connectivity index (χ2v) is 8.63. The van der Waals surface area contributed by atoms with Gasteiger partial charge in [0.05, 0.1) is 13.7 Å². The van der Waals surface area contributed by atoms with Crippen molar-refractivity contribution in [1.82, 2.24) is 9.47 Å². The van der Waals surface area contributed by atoms with Crippen LogP contribution < -0.4 is 15.2 Å². The second kappa shape index (κ2) is 11.7. The molecular weight excluding hydrogens is 452 g/mol. The fourth-order valence-electron chi connectivity index (χ4n) is 3.83. The lowest BCUT2D eigenvalue weighted by molar-refractivity contribution is 0.112. The van der Waals surface area contributed by atoms with Gasteiger partial charge in [0.2, 0.25) is 0 Å². The van der Waals surface area contributed by atoms with Crippen LogP contribution in [0.25, 0.3) is 16.5 Å². The third-order valence-electron chi connectivity index (χ3n) is 5.66. The number of fused-ring (bicyclic) bond motifs is 2. The molecule has 0 spiro atoms. The number of ether oxygens (including phenoxy) is 2. The van der Waals surface area contributed by atoms with Gasteiger partial charge in [-0.25, -0.2) is 0 Å². The lowest BCUT2D eigenvalue weighted by Gasteiger charge is -2.17. The number of aldehydes is 1. The van der Waals surface area contributed by atoms with Crippen LogP contribution >= 0.6 is 11.6 Å². The van der Waals surface area contributed by atoms with Gasteiger partial charge in [0.25, 0.3) is 0 Å². The highest BCUT2D eigenvalue weighted by Gasteiger charge is 2.12. The maximum absolute atomic E-state index is 11.2. The molecule has 3 N–H and O–H groups in total. The quantitative estimate of drug-likeness (QED) is 0.380. The standard InChI is InChI=1S/C16H19ClN4O.C10H12O2/c1-20(2)5-6-21-9-12(10-22)13-4-3-11(7-15(13)21)14(8-18)16(17)19;1-11-9-4-5-10-8(7-9)3-2-6-12-10/h3-4,7-10,19H,5-6,18H2,1-2H3;4-5,7H,2-3,6H2,1H3/b14-8-,19-16?;. The maximum Gasteiger partial charge on any atom is 0.152 e.